The second-order valence-electron chi connectivity index (χ2n) is 10.1. The lowest BCUT2D eigenvalue weighted by Gasteiger charge is -2.34. The summed E-state index contributed by atoms with van der Waals surface area (Å²) in [5, 5.41) is 16.7. The van der Waals surface area contributed by atoms with Gasteiger partial charge in [0.25, 0.3) is 0 Å². The molecule has 1 saturated heterocycles. The van der Waals surface area contributed by atoms with E-state index < -0.39 is 40.4 Å². The number of benzene rings is 1. The lowest BCUT2D eigenvalue weighted by molar-refractivity contribution is -0.116. The third kappa shape index (κ3) is 7.63. The van der Waals surface area contributed by atoms with E-state index in [1.165, 1.54) is 12.4 Å². The van der Waals surface area contributed by atoms with Crippen LogP contribution in [0.2, 0.25) is 5.02 Å². The molecule has 1 unspecified atom stereocenters. The molecule has 1 aromatic carbocycles. The van der Waals surface area contributed by atoms with Crippen LogP contribution in [-0.4, -0.2) is 75.3 Å². The van der Waals surface area contributed by atoms with Crippen molar-refractivity contribution in [1.29, 1.82) is 0 Å². The number of aromatic amines is 1. The van der Waals surface area contributed by atoms with Gasteiger partial charge in [-0.1, -0.05) is 11.6 Å². The van der Waals surface area contributed by atoms with Gasteiger partial charge in [-0.3, -0.25) is 9.89 Å². The minimum absolute atomic E-state index is 0.0382. The molecule has 1 aliphatic heterocycles. The summed E-state index contributed by atoms with van der Waals surface area (Å²) in [4.78, 5) is 26.8. The number of hydrogen-bond acceptors (Lipinski definition) is 8. The first-order chi connectivity index (χ1) is 19.0. The predicted molar refractivity (Wildman–Crippen MR) is 141 cm³/mol. The third-order valence-corrected chi connectivity index (χ3v) is 6.10. The zero-order valence-corrected chi connectivity index (χ0v) is 22.9. The quantitative estimate of drug-likeness (QED) is 0.376. The Kier molecular flexibility index (Phi) is 9.15. The summed E-state index contributed by atoms with van der Waals surface area (Å²) < 4.78 is 44.8. The molecule has 4 rings (SSSR count). The molecule has 0 radical (unpaired) electrons. The van der Waals surface area contributed by atoms with Crippen LogP contribution in [0.1, 0.15) is 32.8 Å². The van der Waals surface area contributed by atoms with E-state index in [-0.39, 0.29) is 43.1 Å². The highest BCUT2D eigenvalue weighted by atomic mass is 35.5. The Balaban J connectivity index is 1.44. The number of aryl methyl sites for hydroxylation is 1. The summed E-state index contributed by atoms with van der Waals surface area (Å²) in [6.07, 6.45) is 2.05. The molecular weight excluding hydrogens is 550 g/mol. The Labute approximate surface area is 234 Å². The maximum atomic E-state index is 13.8. The van der Waals surface area contributed by atoms with Crippen molar-refractivity contribution >= 4 is 29.4 Å². The SMILES string of the molecule is CC(C)(C)OC(=O)N1CCOC(COc2c(NC(=O)CCc3cc(F)c(Cl)c(F)c3)n[nH]c2-c2ccnnc2)C1. The molecule has 2 N–H and O–H groups in total. The van der Waals surface area contributed by atoms with Crippen molar-refractivity contribution in [2.75, 3.05) is 31.6 Å². The largest absolute Gasteiger partial charge is 0.485 e. The molecule has 3 aromatic rings. The molecule has 40 heavy (non-hydrogen) atoms. The average Bonchev–Trinajstić information content (AvgIpc) is 3.31. The minimum atomic E-state index is -0.897. The standard InChI is InChI=1S/C26H29ClF2N6O5/c1-26(2,3)40-25(37)35-8-9-38-17(13-35)14-39-23-22(16-6-7-30-31-12-16)33-34-24(23)32-20(36)5-4-15-10-18(28)21(27)19(29)11-15/h6-7,10-12,17H,4-5,8-9,13-14H2,1-3H3,(H2,32,33,34,36). The van der Waals surface area contributed by atoms with Crippen molar-refractivity contribution in [1.82, 2.24) is 25.3 Å². The van der Waals surface area contributed by atoms with Gasteiger partial charge < -0.3 is 24.4 Å². The van der Waals surface area contributed by atoms with Crippen LogP contribution in [0.25, 0.3) is 11.3 Å². The van der Waals surface area contributed by atoms with Gasteiger partial charge in [0.05, 0.1) is 25.5 Å². The van der Waals surface area contributed by atoms with Crippen LogP contribution in [0.5, 0.6) is 5.75 Å². The van der Waals surface area contributed by atoms with Crippen molar-refractivity contribution in [2.45, 2.75) is 45.3 Å². The number of carbonyl (C=O) groups excluding carboxylic acids is 2. The monoisotopic (exact) mass is 578 g/mol. The van der Waals surface area contributed by atoms with Gasteiger partial charge in [-0.25, -0.2) is 13.6 Å². The molecule has 11 nitrogen and oxygen atoms in total. The highest BCUT2D eigenvalue weighted by Crippen LogP contribution is 2.34. The minimum Gasteiger partial charge on any atom is -0.485 e. The van der Waals surface area contributed by atoms with Crippen molar-refractivity contribution in [3.05, 3.63) is 52.8 Å². The number of halogens is 3. The first-order valence-electron chi connectivity index (χ1n) is 12.5. The number of ether oxygens (including phenoxy) is 3. The molecule has 214 valence electrons. The summed E-state index contributed by atoms with van der Waals surface area (Å²) in [7, 11) is 0. The predicted octanol–water partition coefficient (Wildman–Crippen LogP) is 4.38. The Hall–Kier alpha value is -3.84. The number of morpholine rings is 1. The number of hydrogen-bond donors (Lipinski definition) is 2. The zero-order valence-electron chi connectivity index (χ0n) is 22.2. The number of carbonyl (C=O) groups is 2. The molecule has 1 atom stereocenters. The fourth-order valence-corrected chi connectivity index (χ4v) is 3.99. The van der Waals surface area contributed by atoms with Crippen LogP contribution in [0.4, 0.5) is 19.4 Å². The number of rotatable bonds is 8. The maximum Gasteiger partial charge on any atom is 0.410 e. The van der Waals surface area contributed by atoms with Crippen molar-refractivity contribution in [3.63, 3.8) is 0 Å². The number of nitrogens with one attached hydrogen (secondary N) is 2. The fraction of sp³-hybridized carbons (Fsp3) is 0.423. The van der Waals surface area contributed by atoms with Gasteiger partial charge in [0, 0.05) is 18.5 Å². The van der Waals surface area contributed by atoms with E-state index in [1.807, 2.05) is 0 Å². The summed E-state index contributed by atoms with van der Waals surface area (Å²) in [6.45, 7) is 6.35. The zero-order chi connectivity index (χ0) is 28.9. The van der Waals surface area contributed by atoms with E-state index in [0.717, 1.165) is 12.1 Å². The Morgan fingerprint density at radius 3 is 2.67 bits per heavy atom. The van der Waals surface area contributed by atoms with Crippen LogP contribution < -0.4 is 10.1 Å². The molecule has 0 aliphatic carbocycles. The van der Waals surface area contributed by atoms with Crippen molar-refractivity contribution in [2.24, 2.45) is 0 Å². The van der Waals surface area contributed by atoms with E-state index in [4.69, 9.17) is 25.8 Å². The van der Waals surface area contributed by atoms with Gasteiger partial charge in [0.2, 0.25) is 5.91 Å². The summed E-state index contributed by atoms with van der Waals surface area (Å²) in [5.41, 5.74) is 0.687. The van der Waals surface area contributed by atoms with Crippen LogP contribution in [0.3, 0.4) is 0 Å². The molecule has 1 fully saturated rings. The van der Waals surface area contributed by atoms with E-state index in [9.17, 15) is 18.4 Å². The average molecular weight is 579 g/mol. The lowest BCUT2D eigenvalue weighted by atomic mass is 10.1. The Bertz CT molecular complexity index is 1330. The van der Waals surface area contributed by atoms with Crippen molar-refractivity contribution < 1.29 is 32.6 Å². The molecule has 0 saturated carbocycles. The number of aromatic nitrogens is 4. The number of H-pyrrole nitrogens is 1. The van der Waals surface area contributed by atoms with Gasteiger partial charge in [0.15, 0.2) is 11.6 Å². The summed E-state index contributed by atoms with van der Waals surface area (Å²) in [5.74, 6) is -1.93. The Morgan fingerprint density at radius 2 is 2.00 bits per heavy atom. The molecule has 0 bridgehead atoms. The van der Waals surface area contributed by atoms with Gasteiger partial charge in [-0.15, -0.1) is 0 Å². The molecule has 3 heterocycles. The van der Waals surface area contributed by atoms with Crippen molar-refractivity contribution in [3.8, 4) is 17.0 Å². The molecule has 1 aliphatic rings. The highest BCUT2D eigenvalue weighted by molar-refractivity contribution is 6.30. The first-order valence-corrected chi connectivity index (χ1v) is 12.9. The van der Waals surface area contributed by atoms with Gasteiger partial charge in [-0.2, -0.15) is 15.3 Å². The summed E-state index contributed by atoms with van der Waals surface area (Å²) >= 11 is 5.53. The molecular formula is C26H29ClF2N6O5. The second kappa shape index (κ2) is 12.6. The smallest absolute Gasteiger partial charge is 0.410 e. The maximum absolute atomic E-state index is 13.8. The molecule has 0 spiro atoms. The molecule has 2 aromatic heterocycles. The third-order valence-electron chi connectivity index (χ3n) is 5.74. The van der Waals surface area contributed by atoms with Crippen LogP contribution in [-0.2, 0) is 20.7 Å². The van der Waals surface area contributed by atoms with Gasteiger partial charge in [0.1, 0.15) is 40.7 Å². The normalized spacial score (nSPS) is 15.6. The summed E-state index contributed by atoms with van der Waals surface area (Å²) in [6, 6.07) is 3.85. The Morgan fingerprint density at radius 1 is 1.25 bits per heavy atom. The van der Waals surface area contributed by atoms with Gasteiger partial charge in [-0.05, 0) is 51.0 Å². The fourth-order valence-electron chi connectivity index (χ4n) is 3.88. The molecule has 2 amide bonds. The van der Waals surface area contributed by atoms with E-state index in [0.29, 0.717) is 24.4 Å². The highest BCUT2D eigenvalue weighted by Gasteiger charge is 2.29. The topological polar surface area (TPSA) is 132 Å². The van der Waals surface area contributed by atoms with Crippen LogP contribution in [0.15, 0.2) is 30.6 Å². The van der Waals surface area contributed by atoms with Crippen LogP contribution >= 0.6 is 11.6 Å². The van der Waals surface area contributed by atoms with E-state index >= 15 is 0 Å². The van der Waals surface area contributed by atoms with E-state index in [1.54, 1.807) is 31.7 Å². The number of anilines is 1. The van der Waals surface area contributed by atoms with Gasteiger partial charge >= 0.3 is 6.09 Å². The number of amides is 2. The molecule has 14 heteroatoms. The second-order valence-corrected chi connectivity index (χ2v) is 10.4. The van der Waals surface area contributed by atoms with E-state index in [2.05, 4.69) is 25.7 Å². The first kappa shape index (κ1) is 29.2. The van der Waals surface area contributed by atoms with Crippen LogP contribution in [0, 0.1) is 11.6 Å². The number of nitrogens with zero attached hydrogens (tertiary/aromatic N) is 4. The lowest BCUT2D eigenvalue weighted by Crippen LogP contribution is -2.49.